The Morgan fingerprint density at radius 2 is 1.89 bits per heavy atom. The van der Waals surface area contributed by atoms with Crippen LogP contribution in [0.3, 0.4) is 0 Å². The number of nitro groups is 1. The van der Waals surface area contributed by atoms with Crippen LogP contribution in [0.1, 0.15) is 16.1 Å². The summed E-state index contributed by atoms with van der Waals surface area (Å²) in [5, 5.41) is 18.3. The molecule has 1 aromatic carbocycles. The van der Waals surface area contributed by atoms with Crippen LogP contribution in [0.5, 0.6) is 0 Å². The van der Waals surface area contributed by atoms with Crippen LogP contribution in [0.2, 0.25) is 0 Å². The zero-order valence-electron chi connectivity index (χ0n) is 14.2. The molecule has 0 bridgehead atoms. The van der Waals surface area contributed by atoms with Crippen molar-refractivity contribution in [3.05, 3.63) is 58.0 Å². The highest BCUT2D eigenvalue weighted by atomic mass is 19.4. The summed E-state index contributed by atoms with van der Waals surface area (Å²) in [7, 11) is 0. The molecule has 0 saturated carbocycles. The maximum atomic E-state index is 12.7. The molecule has 2 aromatic rings. The smallest absolute Gasteiger partial charge is 0.416 e. The van der Waals surface area contributed by atoms with Crippen molar-refractivity contribution in [2.24, 2.45) is 0 Å². The molecule has 28 heavy (non-hydrogen) atoms. The number of nitrogens with zero attached hydrogens (tertiary/aromatic N) is 1. The molecule has 2 rings (SSSR count). The van der Waals surface area contributed by atoms with Gasteiger partial charge in [-0.1, -0.05) is 0 Å². The van der Waals surface area contributed by atoms with Crippen LogP contribution in [-0.2, 0) is 11.0 Å². The van der Waals surface area contributed by atoms with E-state index in [4.69, 9.17) is 4.42 Å². The van der Waals surface area contributed by atoms with Crippen LogP contribution in [-0.4, -0.2) is 36.4 Å². The Morgan fingerprint density at radius 1 is 1.14 bits per heavy atom. The lowest BCUT2D eigenvalue weighted by Gasteiger charge is -2.11. The minimum Gasteiger partial charge on any atom is -0.459 e. The SMILES string of the molecule is O=C(CNC(=O)c1ccco1)NCCNc1ccc(C(F)(F)F)cc1[N+](=O)[O-]. The predicted octanol–water partition coefficient (Wildman–Crippen LogP) is 2.16. The van der Waals surface area contributed by atoms with Crippen molar-refractivity contribution in [3.63, 3.8) is 0 Å². The Morgan fingerprint density at radius 3 is 2.50 bits per heavy atom. The van der Waals surface area contributed by atoms with E-state index in [0.29, 0.717) is 6.07 Å². The number of rotatable bonds is 8. The number of alkyl halides is 3. The summed E-state index contributed by atoms with van der Waals surface area (Å²) in [6.45, 7) is -0.280. The van der Waals surface area contributed by atoms with Crippen LogP contribution >= 0.6 is 0 Å². The van der Waals surface area contributed by atoms with Gasteiger partial charge in [0.05, 0.1) is 23.3 Å². The minimum absolute atomic E-state index is 0.0179. The standard InChI is InChI=1S/C16H15F3N4O5/c17-16(18,19)10-3-4-11(12(8-10)23(26)27)20-5-6-21-14(24)9-22-15(25)13-2-1-7-28-13/h1-4,7-8,20H,5-6,9H2,(H,21,24)(H,22,25). The number of halogens is 3. The summed E-state index contributed by atoms with van der Waals surface area (Å²) in [4.78, 5) is 33.3. The second-order valence-corrected chi connectivity index (χ2v) is 5.42. The summed E-state index contributed by atoms with van der Waals surface area (Å²) in [5.74, 6) is -1.05. The Kier molecular flexibility index (Phi) is 6.58. The highest BCUT2D eigenvalue weighted by Crippen LogP contribution is 2.34. The zero-order valence-corrected chi connectivity index (χ0v) is 14.2. The fraction of sp³-hybridized carbons (Fsp3) is 0.250. The van der Waals surface area contributed by atoms with Gasteiger partial charge in [-0.05, 0) is 24.3 Å². The number of benzene rings is 1. The number of carbonyl (C=O) groups is 2. The molecule has 0 saturated heterocycles. The van der Waals surface area contributed by atoms with E-state index in [1.54, 1.807) is 0 Å². The highest BCUT2D eigenvalue weighted by molar-refractivity contribution is 5.94. The number of furan rings is 1. The van der Waals surface area contributed by atoms with Crippen molar-refractivity contribution in [2.45, 2.75) is 6.18 Å². The monoisotopic (exact) mass is 400 g/mol. The van der Waals surface area contributed by atoms with E-state index < -0.39 is 34.2 Å². The van der Waals surface area contributed by atoms with Crippen molar-refractivity contribution in [3.8, 4) is 0 Å². The highest BCUT2D eigenvalue weighted by Gasteiger charge is 2.33. The lowest BCUT2D eigenvalue weighted by atomic mass is 10.1. The largest absolute Gasteiger partial charge is 0.459 e. The van der Waals surface area contributed by atoms with Crippen molar-refractivity contribution in [1.29, 1.82) is 0 Å². The molecular formula is C16H15F3N4O5. The van der Waals surface area contributed by atoms with Gasteiger partial charge in [0.25, 0.3) is 11.6 Å². The number of amides is 2. The summed E-state index contributed by atoms with van der Waals surface area (Å²) >= 11 is 0. The van der Waals surface area contributed by atoms with Gasteiger partial charge in [-0.2, -0.15) is 13.2 Å². The predicted molar refractivity (Wildman–Crippen MR) is 90.6 cm³/mol. The molecule has 1 heterocycles. The fourth-order valence-corrected chi connectivity index (χ4v) is 2.13. The normalized spacial score (nSPS) is 11.0. The van der Waals surface area contributed by atoms with Crippen LogP contribution in [0, 0.1) is 10.1 Å². The van der Waals surface area contributed by atoms with E-state index in [1.807, 2.05) is 0 Å². The number of nitro benzene ring substituents is 1. The fourth-order valence-electron chi connectivity index (χ4n) is 2.13. The summed E-state index contributed by atoms with van der Waals surface area (Å²) in [6, 6.07) is 5.05. The van der Waals surface area contributed by atoms with Crippen molar-refractivity contribution < 1.29 is 32.1 Å². The van der Waals surface area contributed by atoms with Crippen LogP contribution in [0.4, 0.5) is 24.5 Å². The first-order chi connectivity index (χ1) is 13.2. The van der Waals surface area contributed by atoms with Gasteiger partial charge in [-0.3, -0.25) is 19.7 Å². The Labute approximate surface area is 156 Å². The third kappa shape index (κ3) is 5.72. The van der Waals surface area contributed by atoms with Crippen molar-refractivity contribution >= 4 is 23.2 Å². The molecule has 1 aromatic heterocycles. The molecule has 2 amide bonds. The second kappa shape index (κ2) is 8.88. The first kappa shape index (κ1) is 20.7. The molecule has 12 heteroatoms. The van der Waals surface area contributed by atoms with Crippen molar-refractivity contribution in [1.82, 2.24) is 10.6 Å². The third-order valence-electron chi connectivity index (χ3n) is 3.44. The van der Waals surface area contributed by atoms with Crippen LogP contribution in [0.25, 0.3) is 0 Å². The molecule has 0 fully saturated rings. The summed E-state index contributed by atoms with van der Waals surface area (Å²) < 4.78 is 42.8. The number of nitrogens with one attached hydrogen (secondary N) is 3. The average Bonchev–Trinajstić information content (AvgIpc) is 3.17. The summed E-state index contributed by atoms with van der Waals surface area (Å²) in [5.41, 5.74) is -1.98. The Bertz CT molecular complexity index is 852. The van der Waals surface area contributed by atoms with Gasteiger partial charge in [0, 0.05) is 19.2 Å². The Balaban J connectivity index is 1.80. The van der Waals surface area contributed by atoms with E-state index >= 15 is 0 Å². The lowest BCUT2D eigenvalue weighted by molar-refractivity contribution is -0.384. The summed E-state index contributed by atoms with van der Waals surface area (Å²) in [6.07, 6.45) is -3.39. The molecule has 0 spiro atoms. The lowest BCUT2D eigenvalue weighted by Crippen LogP contribution is -2.38. The molecule has 9 nitrogen and oxygen atoms in total. The molecule has 0 aliphatic carbocycles. The van der Waals surface area contributed by atoms with Gasteiger partial charge < -0.3 is 20.4 Å². The maximum absolute atomic E-state index is 12.7. The average molecular weight is 400 g/mol. The van der Waals surface area contributed by atoms with E-state index in [-0.39, 0.29) is 31.1 Å². The second-order valence-electron chi connectivity index (χ2n) is 5.42. The quantitative estimate of drug-likeness (QED) is 0.354. The van der Waals surface area contributed by atoms with E-state index in [1.165, 1.54) is 18.4 Å². The number of carbonyl (C=O) groups excluding carboxylic acids is 2. The number of anilines is 1. The third-order valence-corrected chi connectivity index (χ3v) is 3.44. The van der Waals surface area contributed by atoms with Gasteiger partial charge in [-0.25, -0.2) is 0 Å². The molecular weight excluding hydrogens is 385 g/mol. The van der Waals surface area contributed by atoms with E-state index in [0.717, 1.165) is 12.1 Å². The van der Waals surface area contributed by atoms with Gasteiger partial charge in [-0.15, -0.1) is 0 Å². The molecule has 0 unspecified atom stereocenters. The minimum atomic E-state index is -4.70. The number of hydrogen-bond acceptors (Lipinski definition) is 6. The Hall–Kier alpha value is -3.57. The molecule has 150 valence electrons. The van der Waals surface area contributed by atoms with E-state index in [9.17, 15) is 32.9 Å². The number of hydrogen-bond donors (Lipinski definition) is 3. The van der Waals surface area contributed by atoms with Crippen LogP contribution in [0.15, 0.2) is 41.0 Å². The zero-order chi connectivity index (χ0) is 20.7. The van der Waals surface area contributed by atoms with Gasteiger partial charge in [0.1, 0.15) is 5.69 Å². The molecule has 0 aliphatic heterocycles. The van der Waals surface area contributed by atoms with Gasteiger partial charge >= 0.3 is 6.18 Å². The maximum Gasteiger partial charge on any atom is 0.416 e. The first-order valence-electron chi connectivity index (χ1n) is 7.86. The molecule has 0 aliphatic rings. The van der Waals surface area contributed by atoms with Crippen LogP contribution < -0.4 is 16.0 Å². The van der Waals surface area contributed by atoms with Gasteiger partial charge in [0.2, 0.25) is 5.91 Å². The topological polar surface area (TPSA) is 127 Å². The van der Waals surface area contributed by atoms with Crippen molar-refractivity contribution in [2.75, 3.05) is 25.0 Å². The van der Waals surface area contributed by atoms with E-state index in [2.05, 4.69) is 16.0 Å². The van der Waals surface area contributed by atoms with Gasteiger partial charge in [0.15, 0.2) is 5.76 Å². The molecule has 3 N–H and O–H groups in total. The molecule has 0 radical (unpaired) electrons. The first-order valence-corrected chi connectivity index (χ1v) is 7.86. The molecule has 0 atom stereocenters.